The fourth-order valence-corrected chi connectivity index (χ4v) is 4.96. The van der Waals surface area contributed by atoms with E-state index in [4.69, 9.17) is 4.42 Å². The third kappa shape index (κ3) is 2.56. The molecule has 0 spiro atoms. The monoisotopic (exact) mass is 320 g/mol. The van der Waals surface area contributed by atoms with Crippen LogP contribution in [0.25, 0.3) is 0 Å². The molecule has 2 aromatic rings. The summed E-state index contributed by atoms with van der Waals surface area (Å²) in [7, 11) is -3.42. The lowest BCUT2D eigenvalue weighted by Crippen LogP contribution is -2.23. The molecule has 1 aliphatic rings. The van der Waals surface area contributed by atoms with Crippen molar-refractivity contribution < 1.29 is 12.8 Å². The fraction of sp³-hybridized carbons (Fsp3) is 0.500. The van der Waals surface area contributed by atoms with Gasteiger partial charge in [0.25, 0.3) is 0 Å². The SMILES string of the molecule is CCc1nnc(C(C)S(=O)(=O)C2CCCc3ccccc32)o1. The highest BCUT2D eigenvalue weighted by Crippen LogP contribution is 2.41. The Kier molecular flexibility index (Phi) is 4.04. The van der Waals surface area contributed by atoms with Crippen LogP contribution < -0.4 is 0 Å². The molecule has 2 unspecified atom stereocenters. The van der Waals surface area contributed by atoms with Crippen molar-refractivity contribution >= 4 is 9.84 Å². The Labute approximate surface area is 130 Å². The van der Waals surface area contributed by atoms with Crippen LogP contribution in [0, 0.1) is 0 Å². The summed E-state index contributed by atoms with van der Waals surface area (Å²) in [5.41, 5.74) is 2.06. The van der Waals surface area contributed by atoms with Gasteiger partial charge < -0.3 is 4.42 Å². The van der Waals surface area contributed by atoms with Crippen molar-refractivity contribution in [1.29, 1.82) is 0 Å². The minimum absolute atomic E-state index is 0.194. The van der Waals surface area contributed by atoms with Crippen LogP contribution in [0.15, 0.2) is 28.7 Å². The summed E-state index contributed by atoms with van der Waals surface area (Å²) in [5.74, 6) is 0.668. The second-order valence-electron chi connectivity index (χ2n) is 5.70. The number of sulfone groups is 1. The summed E-state index contributed by atoms with van der Waals surface area (Å²) in [6.07, 6.45) is 3.08. The predicted molar refractivity (Wildman–Crippen MR) is 83.1 cm³/mol. The summed E-state index contributed by atoms with van der Waals surface area (Å²) >= 11 is 0. The summed E-state index contributed by atoms with van der Waals surface area (Å²) < 4.78 is 31.5. The lowest BCUT2D eigenvalue weighted by Gasteiger charge is -2.27. The molecule has 0 saturated heterocycles. The van der Waals surface area contributed by atoms with Crippen molar-refractivity contribution in [2.75, 3.05) is 0 Å². The van der Waals surface area contributed by atoms with E-state index in [-0.39, 0.29) is 5.89 Å². The molecule has 1 aliphatic carbocycles. The zero-order chi connectivity index (χ0) is 15.7. The van der Waals surface area contributed by atoms with Gasteiger partial charge in [-0.3, -0.25) is 0 Å². The van der Waals surface area contributed by atoms with E-state index >= 15 is 0 Å². The highest BCUT2D eigenvalue weighted by atomic mass is 32.2. The Bertz CT molecular complexity index is 767. The van der Waals surface area contributed by atoms with Crippen molar-refractivity contribution in [3.05, 3.63) is 47.2 Å². The molecule has 1 aromatic carbocycles. The predicted octanol–water partition coefficient (Wildman–Crippen LogP) is 3.19. The number of benzene rings is 1. The number of hydrogen-bond acceptors (Lipinski definition) is 5. The first-order valence-electron chi connectivity index (χ1n) is 7.66. The van der Waals surface area contributed by atoms with Gasteiger partial charge in [0.2, 0.25) is 11.8 Å². The largest absolute Gasteiger partial charge is 0.424 e. The highest BCUT2D eigenvalue weighted by Gasteiger charge is 2.38. The van der Waals surface area contributed by atoms with E-state index in [1.807, 2.05) is 31.2 Å². The van der Waals surface area contributed by atoms with E-state index in [0.29, 0.717) is 18.7 Å². The molecule has 0 amide bonds. The number of fused-ring (bicyclic) bond motifs is 1. The van der Waals surface area contributed by atoms with Crippen LogP contribution in [0.2, 0.25) is 0 Å². The Balaban J connectivity index is 1.96. The first-order chi connectivity index (χ1) is 10.5. The van der Waals surface area contributed by atoms with Gasteiger partial charge in [-0.25, -0.2) is 8.42 Å². The maximum absolute atomic E-state index is 13.0. The molecule has 0 radical (unpaired) electrons. The molecular weight excluding hydrogens is 300 g/mol. The topological polar surface area (TPSA) is 73.1 Å². The van der Waals surface area contributed by atoms with Crippen molar-refractivity contribution in [3.8, 4) is 0 Å². The third-order valence-electron chi connectivity index (χ3n) is 4.34. The van der Waals surface area contributed by atoms with Gasteiger partial charge in [-0.2, -0.15) is 0 Å². The molecule has 2 atom stereocenters. The first kappa shape index (κ1) is 15.2. The number of rotatable bonds is 4. The van der Waals surface area contributed by atoms with Crippen LogP contribution in [-0.4, -0.2) is 18.6 Å². The van der Waals surface area contributed by atoms with Crippen molar-refractivity contribution in [2.24, 2.45) is 0 Å². The molecule has 118 valence electrons. The average molecular weight is 320 g/mol. The molecular formula is C16H20N2O3S. The van der Waals surface area contributed by atoms with Gasteiger partial charge in [0.15, 0.2) is 9.84 Å². The maximum Gasteiger partial charge on any atom is 0.234 e. The molecule has 6 heteroatoms. The van der Waals surface area contributed by atoms with Gasteiger partial charge in [0.1, 0.15) is 5.25 Å². The first-order valence-corrected chi connectivity index (χ1v) is 9.27. The summed E-state index contributed by atoms with van der Waals surface area (Å²) in [5, 5.41) is 6.52. The Hall–Kier alpha value is -1.69. The molecule has 0 fully saturated rings. The summed E-state index contributed by atoms with van der Waals surface area (Å²) in [4.78, 5) is 0. The second kappa shape index (κ2) is 5.83. The minimum atomic E-state index is -3.42. The van der Waals surface area contributed by atoms with Gasteiger partial charge in [0.05, 0.1) is 5.25 Å². The Morgan fingerprint density at radius 1 is 1.32 bits per heavy atom. The van der Waals surface area contributed by atoms with Crippen molar-refractivity contribution in [3.63, 3.8) is 0 Å². The number of aryl methyl sites for hydroxylation is 2. The van der Waals surface area contributed by atoms with Crippen LogP contribution in [-0.2, 0) is 22.7 Å². The fourth-order valence-electron chi connectivity index (χ4n) is 3.01. The lowest BCUT2D eigenvalue weighted by molar-refractivity contribution is 0.446. The van der Waals surface area contributed by atoms with E-state index in [1.54, 1.807) is 6.92 Å². The van der Waals surface area contributed by atoms with Gasteiger partial charge >= 0.3 is 0 Å². The molecule has 5 nitrogen and oxygen atoms in total. The van der Waals surface area contributed by atoms with E-state index < -0.39 is 20.3 Å². The zero-order valence-corrected chi connectivity index (χ0v) is 13.6. The van der Waals surface area contributed by atoms with E-state index in [9.17, 15) is 8.42 Å². The molecule has 0 saturated carbocycles. The highest BCUT2D eigenvalue weighted by molar-refractivity contribution is 7.91. The molecule has 0 aliphatic heterocycles. The molecule has 0 N–H and O–H groups in total. The van der Waals surface area contributed by atoms with Gasteiger partial charge in [-0.05, 0) is 37.3 Å². The van der Waals surface area contributed by atoms with Gasteiger partial charge in [-0.1, -0.05) is 31.2 Å². The summed E-state index contributed by atoms with van der Waals surface area (Å²) in [6, 6.07) is 7.81. The molecule has 22 heavy (non-hydrogen) atoms. The van der Waals surface area contributed by atoms with E-state index in [0.717, 1.165) is 24.0 Å². The maximum atomic E-state index is 13.0. The van der Waals surface area contributed by atoms with Gasteiger partial charge in [-0.15, -0.1) is 10.2 Å². The molecule has 0 bridgehead atoms. The van der Waals surface area contributed by atoms with Crippen molar-refractivity contribution in [1.82, 2.24) is 10.2 Å². The standard InChI is InChI=1S/C16H20N2O3S/c1-3-15-17-18-16(21-15)11(2)22(19,20)14-10-6-8-12-7-4-5-9-13(12)14/h4-5,7,9,11,14H,3,6,8,10H2,1-2H3. The van der Waals surface area contributed by atoms with E-state index in [2.05, 4.69) is 10.2 Å². The number of aromatic nitrogens is 2. The van der Waals surface area contributed by atoms with Crippen LogP contribution >= 0.6 is 0 Å². The van der Waals surface area contributed by atoms with Crippen LogP contribution in [0.5, 0.6) is 0 Å². The van der Waals surface area contributed by atoms with E-state index in [1.165, 1.54) is 0 Å². The lowest BCUT2D eigenvalue weighted by atomic mass is 9.91. The van der Waals surface area contributed by atoms with Gasteiger partial charge in [0, 0.05) is 6.42 Å². The normalized spacial score (nSPS) is 19.6. The quantitative estimate of drug-likeness (QED) is 0.865. The zero-order valence-electron chi connectivity index (χ0n) is 12.8. The second-order valence-corrected chi connectivity index (χ2v) is 8.15. The Morgan fingerprint density at radius 3 is 2.82 bits per heavy atom. The minimum Gasteiger partial charge on any atom is -0.424 e. The van der Waals surface area contributed by atoms with Crippen LogP contribution in [0.3, 0.4) is 0 Å². The van der Waals surface area contributed by atoms with Crippen molar-refractivity contribution in [2.45, 2.75) is 50.0 Å². The van der Waals surface area contributed by atoms with Crippen LogP contribution in [0.1, 0.15) is 60.1 Å². The smallest absolute Gasteiger partial charge is 0.234 e. The Morgan fingerprint density at radius 2 is 2.09 bits per heavy atom. The van der Waals surface area contributed by atoms with Crippen LogP contribution in [0.4, 0.5) is 0 Å². The summed E-state index contributed by atoms with van der Waals surface area (Å²) in [6.45, 7) is 3.54. The molecule has 1 aromatic heterocycles. The number of hydrogen-bond donors (Lipinski definition) is 0. The third-order valence-corrected chi connectivity index (χ3v) is 6.81. The molecule has 1 heterocycles. The molecule has 3 rings (SSSR count). The average Bonchev–Trinajstić information content (AvgIpc) is 3.02. The number of nitrogens with zero attached hydrogens (tertiary/aromatic N) is 2.